The summed E-state index contributed by atoms with van der Waals surface area (Å²) < 4.78 is 27.5. The summed E-state index contributed by atoms with van der Waals surface area (Å²) in [6.45, 7) is 7.79. The topological polar surface area (TPSA) is 41.1 Å². The molecule has 6 heteroatoms. The molecule has 0 spiro atoms. The van der Waals surface area contributed by atoms with Gasteiger partial charge in [0.2, 0.25) is 5.95 Å². The number of nitrogens with one attached hydrogen (secondary N) is 1. The molecular weight excluding hydrogens is 298 g/mol. The van der Waals surface area contributed by atoms with Crippen LogP contribution in [-0.2, 0) is 0 Å². The second kappa shape index (κ2) is 7.85. The first-order chi connectivity index (χ1) is 11.0. The van der Waals surface area contributed by atoms with E-state index in [1.54, 1.807) is 0 Å². The summed E-state index contributed by atoms with van der Waals surface area (Å²) in [5.41, 5.74) is 0.507. The number of aromatic nitrogens is 2. The number of hydrogen-bond donors (Lipinski definition) is 1. The molecule has 0 radical (unpaired) electrons. The van der Waals surface area contributed by atoms with E-state index in [1.165, 1.54) is 18.2 Å². The van der Waals surface area contributed by atoms with Crippen LogP contribution >= 0.6 is 0 Å². The Balaban J connectivity index is 2.33. The van der Waals surface area contributed by atoms with E-state index in [4.69, 9.17) is 0 Å². The highest BCUT2D eigenvalue weighted by molar-refractivity contribution is 5.57. The van der Waals surface area contributed by atoms with Crippen molar-refractivity contribution in [1.82, 2.24) is 9.97 Å². The number of nitrogens with zero attached hydrogens (tertiary/aromatic N) is 3. The highest BCUT2D eigenvalue weighted by Gasteiger charge is 2.13. The van der Waals surface area contributed by atoms with Crippen LogP contribution in [0.5, 0.6) is 0 Å². The van der Waals surface area contributed by atoms with Gasteiger partial charge < -0.3 is 10.2 Å². The van der Waals surface area contributed by atoms with Gasteiger partial charge in [-0.2, -0.15) is 4.98 Å². The molecule has 0 unspecified atom stereocenters. The van der Waals surface area contributed by atoms with Gasteiger partial charge in [-0.3, -0.25) is 0 Å². The number of anilines is 3. The van der Waals surface area contributed by atoms with Crippen LogP contribution < -0.4 is 10.2 Å². The second-order valence-electron chi connectivity index (χ2n) is 5.40. The molecule has 1 aromatic carbocycles. The second-order valence-corrected chi connectivity index (χ2v) is 5.40. The lowest BCUT2D eigenvalue weighted by Gasteiger charge is -2.23. The molecule has 1 aromatic heterocycles. The van der Waals surface area contributed by atoms with Crippen molar-refractivity contribution in [2.45, 2.75) is 33.6 Å². The van der Waals surface area contributed by atoms with E-state index in [9.17, 15) is 8.78 Å². The van der Waals surface area contributed by atoms with Gasteiger partial charge in [0, 0.05) is 24.8 Å². The van der Waals surface area contributed by atoms with Crippen LogP contribution in [0.1, 0.15) is 32.4 Å². The summed E-state index contributed by atoms with van der Waals surface area (Å²) in [5, 5.41) is 2.66. The molecule has 0 amide bonds. The molecule has 0 saturated heterocycles. The quantitative estimate of drug-likeness (QED) is 0.819. The number of halogens is 2. The van der Waals surface area contributed by atoms with E-state index in [-0.39, 0.29) is 11.6 Å². The van der Waals surface area contributed by atoms with E-state index in [1.807, 2.05) is 13.0 Å². The molecule has 124 valence electrons. The fourth-order valence-corrected chi connectivity index (χ4v) is 2.38. The summed E-state index contributed by atoms with van der Waals surface area (Å²) >= 11 is 0. The van der Waals surface area contributed by atoms with Crippen molar-refractivity contribution in [1.29, 1.82) is 0 Å². The number of aryl methyl sites for hydroxylation is 1. The number of para-hydroxylation sites is 1. The average Bonchev–Trinajstić information content (AvgIpc) is 2.50. The van der Waals surface area contributed by atoms with Crippen LogP contribution in [0.2, 0.25) is 0 Å². The number of rotatable bonds is 7. The summed E-state index contributed by atoms with van der Waals surface area (Å²) in [4.78, 5) is 10.8. The first-order valence-corrected chi connectivity index (χ1v) is 7.86. The van der Waals surface area contributed by atoms with Gasteiger partial charge in [0.1, 0.15) is 23.1 Å². The van der Waals surface area contributed by atoms with E-state index >= 15 is 0 Å². The molecule has 23 heavy (non-hydrogen) atoms. The molecular formula is C17H22F2N4. The molecule has 4 nitrogen and oxygen atoms in total. The third kappa shape index (κ3) is 4.37. The third-order valence-electron chi connectivity index (χ3n) is 3.35. The Morgan fingerprint density at radius 3 is 2.22 bits per heavy atom. The van der Waals surface area contributed by atoms with Crippen LogP contribution in [-0.4, -0.2) is 23.1 Å². The Morgan fingerprint density at radius 2 is 1.65 bits per heavy atom. The minimum Gasteiger partial charge on any atom is -0.356 e. The summed E-state index contributed by atoms with van der Waals surface area (Å²) in [7, 11) is 0. The van der Waals surface area contributed by atoms with Gasteiger partial charge in [0.05, 0.1) is 0 Å². The van der Waals surface area contributed by atoms with Gasteiger partial charge in [-0.1, -0.05) is 19.9 Å². The van der Waals surface area contributed by atoms with E-state index in [2.05, 4.69) is 34.0 Å². The minimum absolute atomic E-state index is 0.196. The van der Waals surface area contributed by atoms with Gasteiger partial charge in [-0.05, 0) is 31.9 Å². The molecule has 0 aliphatic rings. The van der Waals surface area contributed by atoms with Gasteiger partial charge in [-0.15, -0.1) is 0 Å². The molecule has 2 aromatic rings. The molecule has 0 bridgehead atoms. The zero-order valence-corrected chi connectivity index (χ0v) is 13.7. The zero-order valence-electron chi connectivity index (χ0n) is 13.7. The van der Waals surface area contributed by atoms with E-state index < -0.39 is 11.6 Å². The Labute approximate surface area is 135 Å². The maximum Gasteiger partial charge on any atom is 0.229 e. The molecule has 1 heterocycles. The highest BCUT2D eigenvalue weighted by Crippen LogP contribution is 2.23. The molecule has 2 rings (SSSR count). The Kier molecular flexibility index (Phi) is 5.84. The lowest BCUT2D eigenvalue weighted by molar-refractivity contribution is 0.590. The van der Waals surface area contributed by atoms with E-state index in [0.29, 0.717) is 0 Å². The fraction of sp³-hybridized carbons (Fsp3) is 0.412. The van der Waals surface area contributed by atoms with Crippen LogP contribution in [0.4, 0.5) is 26.2 Å². The van der Waals surface area contributed by atoms with Crippen LogP contribution in [0.15, 0.2) is 24.3 Å². The number of benzene rings is 1. The first kappa shape index (κ1) is 17.1. The molecule has 1 N–H and O–H groups in total. The molecule has 0 aliphatic heterocycles. The zero-order chi connectivity index (χ0) is 16.8. The van der Waals surface area contributed by atoms with Gasteiger partial charge in [0.15, 0.2) is 0 Å². The Bertz CT molecular complexity index is 635. The standard InChI is InChI=1S/C17H22F2N4/c1-4-9-23(10-5-2)15-11-12(3)20-17(21-15)22-16-13(18)7-6-8-14(16)19/h6-8,11H,4-5,9-10H2,1-3H3,(H,20,21,22). The van der Waals surface area contributed by atoms with Crippen molar-refractivity contribution in [3.8, 4) is 0 Å². The smallest absolute Gasteiger partial charge is 0.229 e. The van der Waals surface area contributed by atoms with Crippen molar-refractivity contribution in [2.75, 3.05) is 23.3 Å². The monoisotopic (exact) mass is 320 g/mol. The van der Waals surface area contributed by atoms with Crippen molar-refractivity contribution in [2.24, 2.45) is 0 Å². The number of hydrogen-bond acceptors (Lipinski definition) is 4. The maximum absolute atomic E-state index is 13.8. The summed E-state index contributed by atoms with van der Waals surface area (Å²) in [6.07, 6.45) is 1.99. The van der Waals surface area contributed by atoms with Crippen LogP contribution in [0.25, 0.3) is 0 Å². The third-order valence-corrected chi connectivity index (χ3v) is 3.35. The predicted octanol–water partition coefficient (Wildman–Crippen LogP) is 4.43. The molecule has 0 aliphatic carbocycles. The molecule has 0 atom stereocenters. The van der Waals surface area contributed by atoms with Crippen LogP contribution in [0.3, 0.4) is 0 Å². The van der Waals surface area contributed by atoms with Gasteiger partial charge in [0.25, 0.3) is 0 Å². The normalized spacial score (nSPS) is 10.7. The van der Waals surface area contributed by atoms with Crippen LogP contribution in [0, 0.1) is 18.6 Å². The van der Waals surface area contributed by atoms with Crippen molar-refractivity contribution < 1.29 is 8.78 Å². The minimum atomic E-state index is -0.671. The largest absolute Gasteiger partial charge is 0.356 e. The fourth-order valence-electron chi connectivity index (χ4n) is 2.38. The van der Waals surface area contributed by atoms with Gasteiger partial charge in [-0.25, -0.2) is 13.8 Å². The summed E-state index contributed by atoms with van der Waals surface area (Å²) in [5.74, 6) is -0.382. The predicted molar refractivity (Wildman–Crippen MR) is 89.2 cm³/mol. The van der Waals surface area contributed by atoms with Crippen molar-refractivity contribution in [3.63, 3.8) is 0 Å². The lowest BCUT2D eigenvalue weighted by Crippen LogP contribution is -2.26. The Hall–Kier alpha value is -2.24. The van der Waals surface area contributed by atoms with Crippen molar-refractivity contribution >= 4 is 17.5 Å². The van der Waals surface area contributed by atoms with E-state index in [0.717, 1.165) is 37.4 Å². The SMILES string of the molecule is CCCN(CCC)c1cc(C)nc(Nc2c(F)cccc2F)n1. The Morgan fingerprint density at radius 1 is 1.04 bits per heavy atom. The van der Waals surface area contributed by atoms with Gasteiger partial charge >= 0.3 is 0 Å². The highest BCUT2D eigenvalue weighted by atomic mass is 19.1. The lowest BCUT2D eigenvalue weighted by atomic mass is 10.3. The summed E-state index contributed by atoms with van der Waals surface area (Å²) in [6, 6.07) is 5.60. The maximum atomic E-state index is 13.8. The average molecular weight is 320 g/mol. The molecule has 0 saturated carbocycles. The van der Waals surface area contributed by atoms with Crippen molar-refractivity contribution in [3.05, 3.63) is 41.6 Å². The molecule has 0 fully saturated rings. The first-order valence-electron chi connectivity index (χ1n) is 7.86.